The lowest BCUT2D eigenvalue weighted by atomic mass is 9.91. The minimum Gasteiger partial charge on any atom is -0.297 e. The van der Waals surface area contributed by atoms with E-state index >= 15 is 0 Å². The van der Waals surface area contributed by atoms with Crippen LogP contribution in [-0.4, -0.2) is 44.5 Å². The molecule has 0 aromatic rings. The summed E-state index contributed by atoms with van der Waals surface area (Å²) in [4.78, 5) is 2.26. The highest BCUT2D eigenvalue weighted by Crippen LogP contribution is 2.24. The molecule has 0 radical (unpaired) electrons. The van der Waals surface area contributed by atoms with Gasteiger partial charge in [0.05, 0.1) is 11.5 Å². The van der Waals surface area contributed by atoms with Gasteiger partial charge in [-0.05, 0) is 18.8 Å². The first-order chi connectivity index (χ1) is 8.46. The van der Waals surface area contributed by atoms with Crippen molar-refractivity contribution >= 4 is 9.84 Å². The second-order valence-electron chi connectivity index (χ2n) is 5.65. The molecule has 0 saturated carbocycles. The van der Waals surface area contributed by atoms with Gasteiger partial charge >= 0.3 is 0 Å². The monoisotopic (exact) mass is 269 g/mol. The number of hydrogen-bond acceptors (Lipinski definition) is 3. The van der Waals surface area contributed by atoms with Gasteiger partial charge < -0.3 is 0 Å². The molecule has 1 heterocycles. The summed E-state index contributed by atoms with van der Waals surface area (Å²) < 4.78 is 22.7. The van der Waals surface area contributed by atoms with Crippen LogP contribution in [0, 0.1) is 5.92 Å². The second-order valence-corrected chi connectivity index (χ2v) is 7.95. The lowest BCUT2D eigenvalue weighted by Crippen LogP contribution is -2.41. The van der Waals surface area contributed by atoms with Gasteiger partial charge in [-0.3, -0.25) is 4.90 Å². The number of hydrogen-bond donors (Lipinski definition) is 0. The first-order valence-corrected chi connectivity index (χ1v) is 8.60. The van der Waals surface area contributed by atoms with Crippen molar-refractivity contribution in [2.24, 2.45) is 5.92 Å². The van der Waals surface area contributed by atoms with Gasteiger partial charge in [0, 0.05) is 19.6 Å². The number of allylic oxidation sites excluding steroid dienone is 3. The second kappa shape index (κ2) is 5.57. The Morgan fingerprint density at radius 1 is 1.17 bits per heavy atom. The summed E-state index contributed by atoms with van der Waals surface area (Å²) in [5.74, 6) is 1.30. The van der Waals surface area contributed by atoms with Crippen molar-refractivity contribution in [2.75, 3.05) is 31.1 Å². The fourth-order valence-electron chi connectivity index (χ4n) is 2.50. The zero-order valence-corrected chi connectivity index (χ0v) is 12.2. The quantitative estimate of drug-likeness (QED) is 0.786. The Kier molecular flexibility index (Phi) is 4.28. The third kappa shape index (κ3) is 3.69. The van der Waals surface area contributed by atoms with Crippen LogP contribution in [0.1, 0.15) is 26.7 Å². The molecular formula is C14H23NO2S. The third-order valence-electron chi connectivity index (χ3n) is 3.87. The maximum absolute atomic E-state index is 11.4. The van der Waals surface area contributed by atoms with E-state index in [1.165, 1.54) is 11.1 Å². The summed E-state index contributed by atoms with van der Waals surface area (Å²) in [7, 11) is -2.75. The van der Waals surface area contributed by atoms with Gasteiger partial charge in [0.25, 0.3) is 0 Å². The topological polar surface area (TPSA) is 37.4 Å². The van der Waals surface area contributed by atoms with Crippen LogP contribution < -0.4 is 0 Å². The molecule has 18 heavy (non-hydrogen) atoms. The molecule has 0 bridgehead atoms. The third-order valence-corrected chi connectivity index (χ3v) is 5.48. The lowest BCUT2D eigenvalue weighted by molar-refractivity contribution is 0.316. The molecule has 1 saturated heterocycles. The van der Waals surface area contributed by atoms with Crippen LogP contribution in [0.25, 0.3) is 0 Å². The summed E-state index contributed by atoms with van der Waals surface area (Å²) in [6.07, 6.45) is 6.79. The summed E-state index contributed by atoms with van der Waals surface area (Å²) >= 11 is 0. The summed E-state index contributed by atoms with van der Waals surface area (Å²) in [6, 6.07) is 0. The van der Waals surface area contributed by atoms with Crippen molar-refractivity contribution in [3.8, 4) is 0 Å². The van der Waals surface area contributed by atoms with Crippen molar-refractivity contribution in [3.63, 3.8) is 0 Å². The minimum absolute atomic E-state index is 0.327. The molecule has 0 spiro atoms. The average molecular weight is 269 g/mol. The molecule has 4 heteroatoms. The molecule has 0 aromatic heterocycles. The SMILES string of the molecule is CC(C)C1=CC=C(CN2CCS(=O)(=O)CC2)CC1. The van der Waals surface area contributed by atoms with Gasteiger partial charge in [0.2, 0.25) is 0 Å². The molecule has 1 aliphatic carbocycles. The van der Waals surface area contributed by atoms with Crippen molar-refractivity contribution in [2.45, 2.75) is 26.7 Å². The van der Waals surface area contributed by atoms with Gasteiger partial charge in [0.15, 0.2) is 9.84 Å². The van der Waals surface area contributed by atoms with Crippen LogP contribution in [-0.2, 0) is 9.84 Å². The highest BCUT2D eigenvalue weighted by atomic mass is 32.2. The molecule has 2 rings (SSSR count). The smallest absolute Gasteiger partial charge is 0.152 e. The summed E-state index contributed by atoms with van der Waals surface area (Å²) in [5.41, 5.74) is 2.97. The fraction of sp³-hybridized carbons (Fsp3) is 0.714. The highest BCUT2D eigenvalue weighted by Gasteiger charge is 2.22. The first-order valence-electron chi connectivity index (χ1n) is 6.77. The summed E-state index contributed by atoms with van der Waals surface area (Å²) in [6.45, 7) is 6.80. The zero-order chi connectivity index (χ0) is 13.2. The largest absolute Gasteiger partial charge is 0.297 e. The van der Waals surface area contributed by atoms with Crippen molar-refractivity contribution in [3.05, 3.63) is 23.3 Å². The number of rotatable bonds is 3. The van der Waals surface area contributed by atoms with Gasteiger partial charge in [-0.2, -0.15) is 0 Å². The molecule has 0 amide bonds. The predicted molar refractivity (Wildman–Crippen MR) is 75.3 cm³/mol. The van der Waals surface area contributed by atoms with Gasteiger partial charge in [-0.1, -0.05) is 37.1 Å². The molecule has 0 N–H and O–H groups in total. The van der Waals surface area contributed by atoms with Crippen LogP contribution >= 0.6 is 0 Å². The number of nitrogens with zero attached hydrogens (tertiary/aromatic N) is 1. The van der Waals surface area contributed by atoms with Crippen LogP contribution in [0.4, 0.5) is 0 Å². The average Bonchev–Trinajstić information content (AvgIpc) is 2.33. The van der Waals surface area contributed by atoms with E-state index in [9.17, 15) is 8.42 Å². The Labute approximate surface area is 110 Å². The maximum atomic E-state index is 11.4. The molecule has 2 aliphatic rings. The first kappa shape index (κ1) is 13.8. The van der Waals surface area contributed by atoms with E-state index in [1.807, 2.05) is 0 Å². The number of sulfone groups is 1. The Morgan fingerprint density at radius 3 is 2.33 bits per heavy atom. The van der Waals surface area contributed by atoms with Crippen molar-refractivity contribution in [1.29, 1.82) is 0 Å². The Morgan fingerprint density at radius 2 is 1.83 bits per heavy atom. The van der Waals surface area contributed by atoms with Crippen LogP contribution in [0.3, 0.4) is 0 Å². The Bertz CT molecular complexity index is 446. The molecular weight excluding hydrogens is 246 g/mol. The van der Waals surface area contributed by atoms with Crippen LogP contribution in [0.2, 0.25) is 0 Å². The van der Waals surface area contributed by atoms with Crippen molar-refractivity contribution < 1.29 is 8.42 Å². The van der Waals surface area contributed by atoms with E-state index in [4.69, 9.17) is 0 Å². The predicted octanol–water partition coefficient (Wildman–Crippen LogP) is 2.02. The fourth-order valence-corrected chi connectivity index (χ4v) is 3.78. The van der Waals surface area contributed by atoms with Crippen LogP contribution in [0.15, 0.2) is 23.3 Å². The van der Waals surface area contributed by atoms with Gasteiger partial charge in [0.1, 0.15) is 0 Å². The molecule has 102 valence electrons. The highest BCUT2D eigenvalue weighted by molar-refractivity contribution is 7.91. The van der Waals surface area contributed by atoms with E-state index in [1.54, 1.807) is 0 Å². The van der Waals surface area contributed by atoms with Gasteiger partial charge in [-0.25, -0.2) is 8.42 Å². The molecule has 0 aromatic carbocycles. The van der Waals surface area contributed by atoms with E-state index in [0.29, 0.717) is 30.5 Å². The molecule has 1 aliphatic heterocycles. The molecule has 3 nitrogen and oxygen atoms in total. The molecule has 0 unspecified atom stereocenters. The minimum atomic E-state index is -2.75. The van der Waals surface area contributed by atoms with Gasteiger partial charge in [-0.15, -0.1) is 0 Å². The standard InChI is InChI=1S/C14H23NO2S/c1-12(2)14-5-3-13(4-6-14)11-15-7-9-18(16,17)10-8-15/h3,5,12H,4,6-11H2,1-2H3. The summed E-state index contributed by atoms with van der Waals surface area (Å²) in [5, 5.41) is 0. The molecule has 0 atom stereocenters. The van der Waals surface area contributed by atoms with E-state index < -0.39 is 9.84 Å². The normalized spacial score (nSPS) is 24.8. The Balaban J connectivity index is 1.88. The van der Waals surface area contributed by atoms with Crippen molar-refractivity contribution in [1.82, 2.24) is 4.90 Å². The van der Waals surface area contributed by atoms with Crippen LogP contribution in [0.5, 0.6) is 0 Å². The van der Waals surface area contributed by atoms with E-state index in [-0.39, 0.29) is 0 Å². The Hall–Kier alpha value is -0.610. The van der Waals surface area contributed by atoms with E-state index in [0.717, 1.165) is 19.4 Å². The maximum Gasteiger partial charge on any atom is 0.152 e. The zero-order valence-electron chi connectivity index (χ0n) is 11.4. The lowest BCUT2D eigenvalue weighted by Gasteiger charge is -2.28. The van der Waals surface area contributed by atoms with E-state index in [2.05, 4.69) is 30.9 Å². The molecule has 1 fully saturated rings.